The van der Waals surface area contributed by atoms with Crippen molar-refractivity contribution >= 4 is 23.2 Å². The van der Waals surface area contributed by atoms with Gasteiger partial charge in [-0.3, -0.25) is 4.90 Å². The van der Waals surface area contributed by atoms with Gasteiger partial charge in [0.05, 0.1) is 0 Å². The molecule has 0 saturated carbocycles. The van der Waals surface area contributed by atoms with Crippen LogP contribution in [0.4, 0.5) is 0 Å². The first-order valence-electron chi connectivity index (χ1n) is 5.27. The van der Waals surface area contributed by atoms with Gasteiger partial charge in [0.1, 0.15) is 6.23 Å². The summed E-state index contributed by atoms with van der Waals surface area (Å²) in [5, 5.41) is 0. The Kier molecular flexibility index (Phi) is 6.81. The zero-order valence-electron chi connectivity index (χ0n) is 9.40. The number of nitrogens with zero attached hydrogens (tertiary/aromatic N) is 1. The topological polar surface area (TPSA) is 12.5 Å². The molecule has 16 heavy (non-hydrogen) atoms. The van der Waals surface area contributed by atoms with E-state index in [0.717, 1.165) is 18.7 Å². The summed E-state index contributed by atoms with van der Waals surface area (Å²) >= 11 is 11.6. The van der Waals surface area contributed by atoms with Crippen LogP contribution in [0.15, 0.2) is 30.3 Å². The molecule has 0 heterocycles. The molecular weight excluding hydrogens is 245 g/mol. The molecule has 2 nitrogen and oxygen atoms in total. The van der Waals surface area contributed by atoms with Crippen LogP contribution in [0.2, 0.25) is 0 Å². The molecule has 1 atom stereocenters. The Morgan fingerprint density at radius 1 is 1.12 bits per heavy atom. The molecule has 1 unspecified atom stereocenters. The number of halogens is 2. The third kappa shape index (κ3) is 3.95. The van der Waals surface area contributed by atoms with E-state index in [1.807, 2.05) is 30.3 Å². The fourth-order valence-electron chi connectivity index (χ4n) is 1.68. The first kappa shape index (κ1) is 13.8. The van der Waals surface area contributed by atoms with Gasteiger partial charge in [-0.25, -0.2) is 0 Å². The maximum atomic E-state index is 5.78. The second-order valence-corrected chi connectivity index (χ2v) is 4.17. The lowest BCUT2D eigenvalue weighted by Crippen LogP contribution is -2.33. The number of rotatable bonds is 7. The third-order valence-electron chi connectivity index (χ3n) is 2.38. The van der Waals surface area contributed by atoms with E-state index in [2.05, 4.69) is 4.90 Å². The van der Waals surface area contributed by atoms with Gasteiger partial charge >= 0.3 is 0 Å². The molecule has 0 aliphatic carbocycles. The largest absolute Gasteiger partial charge is 0.362 e. The predicted molar refractivity (Wildman–Crippen MR) is 69.2 cm³/mol. The summed E-state index contributed by atoms with van der Waals surface area (Å²) in [6.07, 6.45) is -0.0706. The molecule has 0 aliphatic rings. The number of alkyl halides is 2. The molecule has 0 radical (unpaired) electrons. The summed E-state index contributed by atoms with van der Waals surface area (Å²) in [6, 6.07) is 10.1. The summed E-state index contributed by atoms with van der Waals surface area (Å²) in [7, 11) is 1.70. The Balaban J connectivity index is 2.77. The van der Waals surface area contributed by atoms with Crippen LogP contribution in [0.3, 0.4) is 0 Å². The molecule has 0 spiro atoms. The minimum absolute atomic E-state index is 0.0706. The summed E-state index contributed by atoms with van der Waals surface area (Å²) in [5.41, 5.74) is 1.13. The van der Waals surface area contributed by atoms with E-state index >= 15 is 0 Å². The van der Waals surface area contributed by atoms with Crippen molar-refractivity contribution in [3.8, 4) is 0 Å². The van der Waals surface area contributed by atoms with E-state index in [9.17, 15) is 0 Å². The highest BCUT2D eigenvalue weighted by molar-refractivity contribution is 6.18. The molecular formula is C12H17Cl2NO. The zero-order valence-corrected chi connectivity index (χ0v) is 10.9. The van der Waals surface area contributed by atoms with E-state index < -0.39 is 0 Å². The van der Waals surface area contributed by atoms with Gasteiger partial charge in [0.2, 0.25) is 0 Å². The molecule has 0 amide bonds. The van der Waals surface area contributed by atoms with E-state index in [1.54, 1.807) is 7.11 Å². The van der Waals surface area contributed by atoms with Crippen molar-refractivity contribution in [2.75, 3.05) is 32.0 Å². The maximum absolute atomic E-state index is 5.78. The van der Waals surface area contributed by atoms with Crippen LogP contribution < -0.4 is 0 Å². The number of hydrogen-bond acceptors (Lipinski definition) is 2. The number of ether oxygens (including phenoxy) is 1. The highest BCUT2D eigenvalue weighted by Gasteiger charge is 2.18. The van der Waals surface area contributed by atoms with Gasteiger partial charge in [-0.15, -0.1) is 23.2 Å². The molecule has 0 bridgehead atoms. The van der Waals surface area contributed by atoms with Crippen molar-refractivity contribution in [1.82, 2.24) is 4.90 Å². The lowest BCUT2D eigenvalue weighted by Gasteiger charge is -2.29. The van der Waals surface area contributed by atoms with E-state index in [4.69, 9.17) is 27.9 Å². The smallest absolute Gasteiger partial charge is 0.136 e. The highest BCUT2D eigenvalue weighted by atomic mass is 35.5. The van der Waals surface area contributed by atoms with Crippen LogP contribution in [0, 0.1) is 0 Å². The monoisotopic (exact) mass is 261 g/mol. The number of benzene rings is 1. The van der Waals surface area contributed by atoms with Crippen molar-refractivity contribution in [2.45, 2.75) is 6.23 Å². The zero-order chi connectivity index (χ0) is 11.8. The molecule has 0 aromatic heterocycles. The van der Waals surface area contributed by atoms with Gasteiger partial charge in [0, 0.05) is 32.0 Å². The average Bonchev–Trinajstić information content (AvgIpc) is 2.32. The van der Waals surface area contributed by atoms with Crippen molar-refractivity contribution in [1.29, 1.82) is 0 Å². The molecule has 1 aromatic rings. The molecule has 0 fully saturated rings. The van der Waals surface area contributed by atoms with Crippen LogP contribution in [0.25, 0.3) is 0 Å². The van der Waals surface area contributed by atoms with Crippen molar-refractivity contribution in [3.05, 3.63) is 35.9 Å². The Bertz CT molecular complexity index is 276. The number of methoxy groups -OCH3 is 1. The molecule has 0 saturated heterocycles. The fraction of sp³-hybridized carbons (Fsp3) is 0.500. The van der Waals surface area contributed by atoms with Gasteiger partial charge < -0.3 is 4.74 Å². The summed E-state index contributed by atoms with van der Waals surface area (Å²) in [5.74, 6) is 1.15. The Morgan fingerprint density at radius 2 is 1.69 bits per heavy atom. The van der Waals surface area contributed by atoms with Crippen molar-refractivity contribution < 1.29 is 4.74 Å². The van der Waals surface area contributed by atoms with E-state index in [0.29, 0.717) is 11.8 Å². The van der Waals surface area contributed by atoms with E-state index in [-0.39, 0.29) is 6.23 Å². The van der Waals surface area contributed by atoms with Crippen LogP contribution in [-0.4, -0.2) is 36.9 Å². The maximum Gasteiger partial charge on any atom is 0.136 e. The van der Waals surface area contributed by atoms with Crippen LogP contribution in [0.1, 0.15) is 11.8 Å². The average molecular weight is 262 g/mol. The third-order valence-corrected chi connectivity index (χ3v) is 2.72. The quantitative estimate of drug-likeness (QED) is 0.553. The van der Waals surface area contributed by atoms with Gasteiger partial charge in [0.25, 0.3) is 0 Å². The minimum atomic E-state index is -0.0706. The van der Waals surface area contributed by atoms with Crippen LogP contribution >= 0.6 is 23.2 Å². The van der Waals surface area contributed by atoms with Gasteiger partial charge in [-0.1, -0.05) is 30.3 Å². The van der Waals surface area contributed by atoms with Crippen molar-refractivity contribution in [2.24, 2.45) is 0 Å². The molecule has 90 valence electrons. The van der Waals surface area contributed by atoms with Crippen LogP contribution in [0.5, 0.6) is 0 Å². The number of hydrogen-bond donors (Lipinski definition) is 0. The standard InChI is InChI=1S/C12H17Cl2NO/c1-16-12(11-5-3-2-4-6-11)15(9-7-13)10-8-14/h2-6,12H,7-10H2,1H3. The first-order chi connectivity index (χ1) is 7.83. The molecule has 0 N–H and O–H groups in total. The van der Waals surface area contributed by atoms with E-state index in [1.165, 1.54) is 0 Å². The molecule has 0 aliphatic heterocycles. The van der Waals surface area contributed by atoms with Gasteiger partial charge in [0.15, 0.2) is 0 Å². The van der Waals surface area contributed by atoms with Gasteiger partial charge in [-0.2, -0.15) is 0 Å². The summed E-state index contributed by atoms with van der Waals surface area (Å²) in [6.45, 7) is 1.53. The predicted octanol–water partition coefficient (Wildman–Crippen LogP) is 3.11. The first-order valence-corrected chi connectivity index (χ1v) is 6.34. The molecule has 4 heteroatoms. The SMILES string of the molecule is COC(c1ccccc1)N(CCCl)CCCl. The second kappa shape index (κ2) is 7.91. The lowest BCUT2D eigenvalue weighted by atomic mass is 10.2. The minimum Gasteiger partial charge on any atom is -0.362 e. The molecule has 1 rings (SSSR count). The summed E-state index contributed by atoms with van der Waals surface area (Å²) in [4.78, 5) is 2.13. The Labute approximate surface area is 107 Å². The molecule has 1 aromatic carbocycles. The second-order valence-electron chi connectivity index (χ2n) is 3.41. The van der Waals surface area contributed by atoms with Gasteiger partial charge in [-0.05, 0) is 5.56 Å². The van der Waals surface area contributed by atoms with Crippen LogP contribution in [-0.2, 0) is 4.74 Å². The lowest BCUT2D eigenvalue weighted by molar-refractivity contribution is -0.0285. The van der Waals surface area contributed by atoms with Crippen molar-refractivity contribution in [3.63, 3.8) is 0 Å². The Hall–Kier alpha value is -0.280. The Morgan fingerprint density at radius 3 is 2.12 bits per heavy atom. The fourth-order valence-corrected chi connectivity index (χ4v) is 2.11. The highest BCUT2D eigenvalue weighted by Crippen LogP contribution is 2.20. The summed E-state index contributed by atoms with van der Waals surface area (Å²) < 4.78 is 5.51. The normalized spacial score (nSPS) is 13.0.